The van der Waals surface area contributed by atoms with Gasteiger partial charge < -0.3 is 4.90 Å². The monoisotopic (exact) mass is 342 g/mol. The van der Waals surface area contributed by atoms with Gasteiger partial charge in [0, 0.05) is 37.7 Å². The van der Waals surface area contributed by atoms with Crippen molar-refractivity contribution in [3.05, 3.63) is 53.1 Å². The number of nitrogens with zero attached hydrogens (tertiary/aromatic N) is 3. The van der Waals surface area contributed by atoms with Crippen LogP contribution in [0.2, 0.25) is 0 Å². The van der Waals surface area contributed by atoms with Gasteiger partial charge in [-0.25, -0.2) is 14.4 Å². The molecule has 0 saturated heterocycles. The molecule has 0 fully saturated rings. The van der Waals surface area contributed by atoms with Gasteiger partial charge in [0.25, 0.3) is 5.91 Å². The average Bonchev–Trinajstić information content (AvgIpc) is 2.61. The molecule has 2 amide bonds. The van der Waals surface area contributed by atoms with E-state index in [1.807, 2.05) is 6.92 Å². The molecule has 130 valence electrons. The van der Waals surface area contributed by atoms with Crippen LogP contribution in [0.25, 0.3) is 0 Å². The molecule has 0 bridgehead atoms. The van der Waals surface area contributed by atoms with Gasteiger partial charge in [-0.05, 0) is 18.6 Å². The van der Waals surface area contributed by atoms with Gasteiger partial charge in [0.05, 0.1) is 11.3 Å². The van der Waals surface area contributed by atoms with Crippen LogP contribution in [0.4, 0.5) is 10.3 Å². The van der Waals surface area contributed by atoms with E-state index in [0.29, 0.717) is 25.9 Å². The number of aromatic nitrogens is 2. The average molecular weight is 342 g/mol. The SMILES string of the molecule is CCCC(=O)N1CCc2nc(NC(=O)c3ccccc3F)ncc2C1. The molecular weight excluding hydrogens is 323 g/mol. The van der Waals surface area contributed by atoms with Crippen molar-refractivity contribution in [1.82, 2.24) is 14.9 Å². The van der Waals surface area contributed by atoms with Crippen molar-refractivity contribution >= 4 is 17.8 Å². The molecule has 0 unspecified atom stereocenters. The Bertz CT molecular complexity index is 809. The van der Waals surface area contributed by atoms with Gasteiger partial charge in [0.2, 0.25) is 11.9 Å². The van der Waals surface area contributed by atoms with E-state index in [0.717, 1.165) is 17.7 Å². The quantitative estimate of drug-likeness (QED) is 0.926. The number of halogens is 1. The molecule has 0 saturated carbocycles. The molecule has 0 spiro atoms. The van der Waals surface area contributed by atoms with Crippen LogP contribution in [0.3, 0.4) is 0 Å². The molecular formula is C18H19FN4O2. The number of anilines is 1. The molecule has 2 heterocycles. The third-order valence-corrected chi connectivity index (χ3v) is 4.09. The minimum absolute atomic E-state index is 0.0554. The maximum atomic E-state index is 13.7. The normalized spacial score (nSPS) is 13.3. The summed E-state index contributed by atoms with van der Waals surface area (Å²) in [5.41, 5.74) is 1.62. The highest BCUT2D eigenvalue weighted by atomic mass is 19.1. The lowest BCUT2D eigenvalue weighted by molar-refractivity contribution is -0.132. The van der Waals surface area contributed by atoms with Crippen molar-refractivity contribution in [2.45, 2.75) is 32.7 Å². The molecule has 6 nitrogen and oxygen atoms in total. The first kappa shape index (κ1) is 17.0. The molecule has 7 heteroatoms. The van der Waals surface area contributed by atoms with Gasteiger partial charge in [0.15, 0.2) is 0 Å². The summed E-state index contributed by atoms with van der Waals surface area (Å²) in [5, 5.41) is 2.52. The highest BCUT2D eigenvalue weighted by Crippen LogP contribution is 2.19. The summed E-state index contributed by atoms with van der Waals surface area (Å²) in [7, 11) is 0. The largest absolute Gasteiger partial charge is 0.338 e. The van der Waals surface area contributed by atoms with Crippen LogP contribution in [0, 0.1) is 5.82 Å². The van der Waals surface area contributed by atoms with E-state index in [4.69, 9.17) is 0 Å². The lowest BCUT2D eigenvalue weighted by Gasteiger charge is -2.28. The zero-order chi connectivity index (χ0) is 17.8. The smallest absolute Gasteiger partial charge is 0.260 e. The molecule has 1 aliphatic rings. The summed E-state index contributed by atoms with van der Waals surface area (Å²) in [5.74, 6) is -0.915. The molecule has 0 atom stereocenters. The summed E-state index contributed by atoms with van der Waals surface area (Å²) in [6.07, 6.45) is 3.58. The maximum absolute atomic E-state index is 13.7. The maximum Gasteiger partial charge on any atom is 0.260 e. The van der Waals surface area contributed by atoms with E-state index in [9.17, 15) is 14.0 Å². The van der Waals surface area contributed by atoms with Gasteiger partial charge in [-0.1, -0.05) is 19.1 Å². The Labute approximate surface area is 145 Å². The Balaban J connectivity index is 1.72. The van der Waals surface area contributed by atoms with E-state index in [1.165, 1.54) is 18.2 Å². The van der Waals surface area contributed by atoms with Crippen LogP contribution in [-0.4, -0.2) is 33.2 Å². The van der Waals surface area contributed by atoms with E-state index >= 15 is 0 Å². The van der Waals surface area contributed by atoms with Crippen molar-refractivity contribution in [2.24, 2.45) is 0 Å². The summed E-state index contributed by atoms with van der Waals surface area (Å²) < 4.78 is 13.7. The van der Waals surface area contributed by atoms with Gasteiger partial charge in [-0.3, -0.25) is 14.9 Å². The Morgan fingerprint density at radius 1 is 1.32 bits per heavy atom. The van der Waals surface area contributed by atoms with Crippen molar-refractivity contribution < 1.29 is 14.0 Å². The predicted octanol–water partition coefficient (Wildman–Crippen LogP) is 2.55. The minimum Gasteiger partial charge on any atom is -0.338 e. The first-order valence-corrected chi connectivity index (χ1v) is 8.27. The zero-order valence-electron chi connectivity index (χ0n) is 14.0. The number of fused-ring (bicyclic) bond motifs is 1. The molecule has 1 aliphatic heterocycles. The molecule has 1 N–H and O–H groups in total. The topological polar surface area (TPSA) is 75.2 Å². The van der Waals surface area contributed by atoms with Crippen LogP contribution in [-0.2, 0) is 17.8 Å². The van der Waals surface area contributed by atoms with Crippen LogP contribution >= 0.6 is 0 Å². The molecule has 1 aromatic carbocycles. The van der Waals surface area contributed by atoms with Crippen molar-refractivity contribution in [3.8, 4) is 0 Å². The third kappa shape index (κ3) is 3.81. The number of benzene rings is 1. The molecule has 3 rings (SSSR count). The summed E-state index contributed by atoms with van der Waals surface area (Å²) in [4.78, 5) is 34.4. The van der Waals surface area contributed by atoms with Crippen LogP contribution in [0.15, 0.2) is 30.5 Å². The van der Waals surface area contributed by atoms with Crippen molar-refractivity contribution in [2.75, 3.05) is 11.9 Å². The lowest BCUT2D eigenvalue weighted by atomic mass is 10.1. The van der Waals surface area contributed by atoms with Gasteiger partial charge >= 0.3 is 0 Å². The molecule has 2 aromatic rings. The van der Waals surface area contributed by atoms with Crippen LogP contribution in [0.1, 0.15) is 41.4 Å². The molecule has 0 aliphatic carbocycles. The standard InChI is InChI=1S/C18H19FN4O2/c1-2-5-16(24)23-9-8-15-12(11-23)10-20-18(21-15)22-17(25)13-6-3-4-7-14(13)19/h3-4,6-7,10H,2,5,8-9,11H2,1H3,(H,20,21,22,25). The van der Waals surface area contributed by atoms with Crippen molar-refractivity contribution in [3.63, 3.8) is 0 Å². The number of carbonyl (C=O) groups is 2. The van der Waals surface area contributed by atoms with Gasteiger partial charge in [-0.15, -0.1) is 0 Å². The number of amides is 2. The van der Waals surface area contributed by atoms with E-state index in [1.54, 1.807) is 17.2 Å². The number of carbonyl (C=O) groups excluding carboxylic acids is 2. The minimum atomic E-state index is -0.594. The van der Waals surface area contributed by atoms with Crippen molar-refractivity contribution in [1.29, 1.82) is 0 Å². The second kappa shape index (κ2) is 7.38. The van der Waals surface area contributed by atoms with Crippen LogP contribution in [0.5, 0.6) is 0 Å². The second-order valence-corrected chi connectivity index (χ2v) is 5.91. The van der Waals surface area contributed by atoms with Gasteiger partial charge in [0.1, 0.15) is 5.82 Å². The molecule has 0 radical (unpaired) electrons. The third-order valence-electron chi connectivity index (χ3n) is 4.09. The number of nitrogens with one attached hydrogen (secondary N) is 1. The van der Waals surface area contributed by atoms with Gasteiger partial charge in [-0.2, -0.15) is 0 Å². The van der Waals surface area contributed by atoms with E-state index in [-0.39, 0.29) is 17.4 Å². The Morgan fingerprint density at radius 2 is 2.12 bits per heavy atom. The number of rotatable bonds is 4. The highest BCUT2D eigenvalue weighted by Gasteiger charge is 2.22. The Kier molecular flexibility index (Phi) is 5.02. The summed E-state index contributed by atoms with van der Waals surface area (Å²) in [6.45, 7) is 3.06. The molecule has 25 heavy (non-hydrogen) atoms. The van der Waals surface area contributed by atoms with E-state index < -0.39 is 11.7 Å². The fraction of sp³-hybridized carbons (Fsp3) is 0.333. The Hall–Kier alpha value is -2.83. The fourth-order valence-corrected chi connectivity index (χ4v) is 2.78. The van der Waals surface area contributed by atoms with E-state index in [2.05, 4.69) is 15.3 Å². The number of hydrogen-bond donors (Lipinski definition) is 1. The predicted molar refractivity (Wildman–Crippen MR) is 90.4 cm³/mol. The summed E-state index contributed by atoms with van der Waals surface area (Å²) >= 11 is 0. The Morgan fingerprint density at radius 3 is 2.88 bits per heavy atom. The second-order valence-electron chi connectivity index (χ2n) is 5.91. The summed E-state index contributed by atoms with van der Waals surface area (Å²) in [6, 6.07) is 5.74. The number of hydrogen-bond acceptors (Lipinski definition) is 4. The molecule has 1 aromatic heterocycles. The lowest BCUT2D eigenvalue weighted by Crippen LogP contribution is -2.36. The highest BCUT2D eigenvalue weighted by molar-refractivity contribution is 6.03. The first-order chi connectivity index (χ1) is 12.1. The van der Waals surface area contributed by atoms with Crippen LogP contribution < -0.4 is 5.32 Å². The first-order valence-electron chi connectivity index (χ1n) is 8.27. The zero-order valence-corrected chi connectivity index (χ0v) is 14.0. The fourth-order valence-electron chi connectivity index (χ4n) is 2.78.